The molecule has 0 unspecified atom stereocenters. The van der Waals surface area contributed by atoms with Crippen molar-refractivity contribution in [2.45, 2.75) is 26.2 Å². The molecule has 0 saturated carbocycles. The third-order valence-electron chi connectivity index (χ3n) is 2.30. The Kier molecular flexibility index (Phi) is 5.90. The average Bonchev–Trinajstić information content (AvgIpc) is 2.83. The molecular weight excluding hydrogens is 262 g/mol. The first-order chi connectivity index (χ1) is 9.04. The molecule has 0 fully saturated rings. The second-order valence-electron chi connectivity index (χ2n) is 3.91. The van der Waals surface area contributed by atoms with Gasteiger partial charge in [-0.15, -0.1) is 0 Å². The summed E-state index contributed by atoms with van der Waals surface area (Å²) in [7, 11) is 1.55. The summed E-state index contributed by atoms with van der Waals surface area (Å²) < 4.78 is 5.31. The Bertz CT molecular complexity index is 513. The average molecular weight is 279 g/mol. The lowest BCUT2D eigenvalue weighted by Crippen LogP contribution is -2.45. The molecule has 0 radical (unpaired) electrons. The molecule has 1 rings (SSSR count). The highest BCUT2D eigenvalue weighted by Gasteiger charge is 2.12. The monoisotopic (exact) mass is 279 g/mol. The molecule has 3 N–H and O–H groups in total. The van der Waals surface area contributed by atoms with Crippen molar-refractivity contribution >= 4 is 23.2 Å². The van der Waals surface area contributed by atoms with Crippen molar-refractivity contribution in [2.24, 2.45) is 5.73 Å². The quantitative estimate of drug-likeness (QED) is 0.381. The number of carbonyl (C=O) groups excluding carboxylic acids is 1. The lowest BCUT2D eigenvalue weighted by Gasteiger charge is -2.16. The van der Waals surface area contributed by atoms with Gasteiger partial charge >= 0.3 is 5.91 Å². The maximum absolute atomic E-state index is 11.7. The number of hydrogen-bond acceptors (Lipinski definition) is 3. The van der Waals surface area contributed by atoms with Crippen LogP contribution in [-0.2, 0) is 0 Å². The van der Waals surface area contributed by atoms with Gasteiger partial charge in [0.05, 0.1) is 0 Å². The van der Waals surface area contributed by atoms with Gasteiger partial charge < -0.3 is 10.2 Å². The van der Waals surface area contributed by atoms with E-state index in [4.69, 9.17) is 22.4 Å². The first kappa shape index (κ1) is 15.1. The van der Waals surface area contributed by atoms with Crippen molar-refractivity contribution in [1.82, 2.24) is 10.4 Å². The number of unbranched alkanes of at least 4 members (excludes halogenated alkanes) is 2. The van der Waals surface area contributed by atoms with Crippen molar-refractivity contribution < 1.29 is 9.21 Å². The van der Waals surface area contributed by atoms with Crippen LogP contribution in [0, 0.1) is 11.8 Å². The van der Waals surface area contributed by atoms with Gasteiger partial charge in [-0.05, 0) is 36.7 Å². The van der Waals surface area contributed by atoms with E-state index in [1.165, 1.54) is 5.01 Å². The van der Waals surface area contributed by atoms with Gasteiger partial charge in [-0.2, -0.15) is 0 Å². The second kappa shape index (κ2) is 7.44. The summed E-state index contributed by atoms with van der Waals surface area (Å²) in [5.41, 5.74) is 7.82. The number of nitrogens with two attached hydrogens (primary N) is 1. The first-order valence-corrected chi connectivity index (χ1v) is 6.38. The zero-order chi connectivity index (χ0) is 14.3. The normalized spacial score (nSPS) is 9.37. The smallest absolute Gasteiger partial charge is 0.305 e. The fraction of sp³-hybridized carbons (Fsp3) is 0.385. The van der Waals surface area contributed by atoms with Crippen LogP contribution in [0.25, 0.3) is 0 Å². The highest BCUT2D eigenvalue weighted by atomic mass is 32.1. The molecule has 5 nitrogen and oxygen atoms in total. The molecule has 0 aliphatic carbocycles. The Balaban J connectivity index is 2.60. The van der Waals surface area contributed by atoms with Crippen LogP contribution >= 0.6 is 12.2 Å². The lowest BCUT2D eigenvalue weighted by molar-refractivity contribution is 0.0858. The van der Waals surface area contributed by atoms with Crippen LogP contribution in [0.2, 0.25) is 0 Å². The van der Waals surface area contributed by atoms with E-state index in [2.05, 4.69) is 24.2 Å². The molecule has 1 amide bonds. The summed E-state index contributed by atoms with van der Waals surface area (Å²) in [6.45, 7) is 2.11. The molecule has 0 aromatic carbocycles. The van der Waals surface area contributed by atoms with E-state index in [-0.39, 0.29) is 10.9 Å². The highest BCUT2D eigenvalue weighted by Crippen LogP contribution is 2.06. The zero-order valence-electron chi connectivity index (χ0n) is 11.0. The molecule has 1 aromatic rings. The SMILES string of the molecule is CCCCC#Cc1ccc(C(=O)NN(C)C(N)=S)o1. The van der Waals surface area contributed by atoms with Crippen LogP contribution in [-0.4, -0.2) is 23.1 Å². The van der Waals surface area contributed by atoms with Crippen molar-refractivity contribution in [3.63, 3.8) is 0 Å². The highest BCUT2D eigenvalue weighted by molar-refractivity contribution is 7.80. The first-order valence-electron chi connectivity index (χ1n) is 5.97. The van der Waals surface area contributed by atoms with Crippen LogP contribution in [0.15, 0.2) is 16.5 Å². The Morgan fingerprint density at radius 2 is 2.32 bits per heavy atom. The Morgan fingerprint density at radius 1 is 1.58 bits per heavy atom. The maximum atomic E-state index is 11.7. The molecule has 6 heteroatoms. The maximum Gasteiger partial charge on any atom is 0.305 e. The second-order valence-corrected chi connectivity index (χ2v) is 4.33. The molecule has 0 aliphatic rings. The largest absolute Gasteiger partial charge is 0.443 e. The van der Waals surface area contributed by atoms with Crippen LogP contribution < -0.4 is 11.2 Å². The molecule has 0 saturated heterocycles. The van der Waals surface area contributed by atoms with Gasteiger partial charge in [-0.1, -0.05) is 19.3 Å². The number of carbonyl (C=O) groups is 1. The summed E-state index contributed by atoms with van der Waals surface area (Å²) in [6.07, 6.45) is 2.98. The minimum Gasteiger partial charge on any atom is -0.443 e. The summed E-state index contributed by atoms with van der Waals surface area (Å²) >= 11 is 4.71. The van der Waals surface area contributed by atoms with E-state index in [0.29, 0.717) is 5.76 Å². The molecule has 0 spiro atoms. The summed E-state index contributed by atoms with van der Waals surface area (Å²) in [6, 6.07) is 3.22. The van der Waals surface area contributed by atoms with Crippen LogP contribution in [0.3, 0.4) is 0 Å². The number of amides is 1. The van der Waals surface area contributed by atoms with Gasteiger partial charge in [0.2, 0.25) is 0 Å². The number of nitrogens with zero attached hydrogens (tertiary/aromatic N) is 1. The third-order valence-corrected chi connectivity index (χ3v) is 2.57. The molecule has 0 atom stereocenters. The number of rotatable bonds is 3. The van der Waals surface area contributed by atoms with Gasteiger partial charge in [0.1, 0.15) is 0 Å². The molecule has 19 heavy (non-hydrogen) atoms. The van der Waals surface area contributed by atoms with E-state index in [1.54, 1.807) is 19.2 Å². The Labute approximate surface area is 118 Å². The zero-order valence-corrected chi connectivity index (χ0v) is 11.8. The fourth-order valence-corrected chi connectivity index (χ4v) is 1.25. The van der Waals surface area contributed by atoms with Crippen LogP contribution in [0.4, 0.5) is 0 Å². The van der Waals surface area contributed by atoms with Gasteiger partial charge in [0, 0.05) is 13.5 Å². The summed E-state index contributed by atoms with van der Waals surface area (Å²) in [5, 5.41) is 1.31. The molecule has 0 bridgehead atoms. The summed E-state index contributed by atoms with van der Waals surface area (Å²) in [5.74, 6) is 6.08. The van der Waals surface area contributed by atoms with Crippen molar-refractivity contribution in [3.05, 3.63) is 23.7 Å². The molecule has 102 valence electrons. The van der Waals surface area contributed by atoms with Crippen molar-refractivity contribution in [2.75, 3.05) is 7.05 Å². The standard InChI is InChI=1S/C13H17N3O2S/c1-3-4-5-6-7-10-8-9-11(18-10)12(17)15-16(2)13(14)19/h8-9H,3-5H2,1-2H3,(H2,14,19)(H,15,17). The van der Waals surface area contributed by atoms with Gasteiger partial charge in [-0.3, -0.25) is 15.2 Å². The van der Waals surface area contributed by atoms with Crippen molar-refractivity contribution in [1.29, 1.82) is 0 Å². The Morgan fingerprint density at radius 3 is 2.95 bits per heavy atom. The van der Waals surface area contributed by atoms with E-state index >= 15 is 0 Å². The van der Waals surface area contributed by atoms with Crippen molar-refractivity contribution in [3.8, 4) is 11.8 Å². The van der Waals surface area contributed by atoms with Gasteiger partial charge in [0.15, 0.2) is 16.6 Å². The molecule has 1 heterocycles. The third kappa shape index (κ3) is 5.02. The van der Waals surface area contributed by atoms with E-state index < -0.39 is 5.91 Å². The molecule has 0 aliphatic heterocycles. The molecular formula is C13H17N3O2S. The topological polar surface area (TPSA) is 71.5 Å². The minimum atomic E-state index is -0.420. The molecule has 1 aromatic heterocycles. The fourth-order valence-electron chi connectivity index (χ4n) is 1.20. The van der Waals surface area contributed by atoms with E-state index in [1.807, 2.05) is 0 Å². The number of hydrogen-bond donors (Lipinski definition) is 2. The van der Waals surface area contributed by atoms with Crippen LogP contribution in [0.1, 0.15) is 42.5 Å². The lowest BCUT2D eigenvalue weighted by atomic mass is 10.2. The minimum absolute atomic E-state index is 0.0690. The van der Waals surface area contributed by atoms with E-state index in [9.17, 15) is 4.79 Å². The number of furan rings is 1. The predicted octanol–water partition coefficient (Wildman–Crippen LogP) is 1.64. The van der Waals surface area contributed by atoms with Gasteiger partial charge in [0.25, 0.3) is 0 Å². The summed E-state index contributed by atoms with van der Waals surface area (Å²) in [4.78, 5) is 11.7. The predicted molar refractivity (Wildman–Crippen MR) is 77.1 cm³/mol. The number of hydrazine groups is 1. The number of nitrogens with one attached hydrogen (secondary N) is 1. The Hall–Kier alpha value is -2.00. The number of thiocarbonyl (C=S) groups is 1. The van der Waals surface area contributed by atoms with Crippen LogP contribution in [0.5, 0.6) is 0 Å². The van der Waals surface area contributed by atoms with E-state index in [0.717, 1.165) is 19.3 Å². The van der Waals surface area contributed by atoms with Gasteiger partial charge in [-0.25, -0.2) is 0 Å².